The molecule has 0 radical (unpaired) electrons. The maximum Gasteiger partial charge on any atom is 0.0229 e. The molecule has 134 valence electrons. The Balaban J connectivity index is 3.50. The van der Waals surface area contributed by atoms with Gasteiger partial charge in [0, 0.05) is 9.15 Å². The van der Waals surface area contributed by atoms with Gasteiger partial charge in [-0.2, -0.15) is 0 Å². The van der Waals surface area contributed by atoms with Gasteiger partial charge in [0.15, 0.2) is 0 Å². The van der Waals surface area contributed by atoms with Gasteiger partial charge in [-0.05, 0) is 32.6 Å². The highest BCUT2D eigenvalue weighted by Crippen LogP contribution is 2.31. The van der Waals surface area contributed by atoms with E-state index in [1.165, 1.54) is 96.3 Å². The molecule has 0 N–H and O–H groups in total. The maximum atomic E-state index is 3.97. The van der Waals surface area contributed by atoms with Crippen molar-refractivity contribution in [1.82, 2.24) is 0 Å². The minimum atomic E-state index is 0.377. The molecule has 0 amide bonds. The molecule has 0 aliphatic rings. The van der Waals surface area contributed by atoms with E-state index in [1.807, 2.05) is 0 Å². The first-order chi connectivity index (χ1) is 10.5. The Bertz CT molecular complexity index is 226. The van der Waals surface area contributed by atoms with Crippen LogP contribution in [0.1, 0.15) is 117 Å². The van der Waals surface area contributed by atoms with Crippen molar-refractivity contribution in [3.05, 3.63) is 0 Å². The first-order valence-electron chi connectivity index (χ1n) is 9.85. The van der Waals surface area contributed by atoms with Crippen LogP contribution in [0.25, 0.3) is 0 Å². The van der Waals surface area contributed by atoms with Crippen molar-refractivity contribution in [3.63, 3.8) is 0 Å². The molecule has 2 atom stereocenters. The van der Waals surface area contributed by atoms with Gasteiger partial charge in [-0.3, -0.25) is 0 Å². The monoisotopic (exact) mass is 438 g/mol. The summed E-state index contributed by atoms with van der Waals surface area (Å²) in [6.07, 6.45) is 20.7. The molecular formula is C20H40Br2. The largest absolute Gasteiger partial charge is 0.0891 e. The van der Waals surface area contributed by atoms with Crippen LogP contribution in [0.4, 0.5) is 0 Å². The van der Waals surface area contributed by atoms with Gasteiger partial charge in [0.25, 0.3) is 0 Å². The molecule has 0 heterocycles. The van der Waals surface area contributed by atoms with Gasteiger partial charge in [0.05, 0.1) is 0 Å². The lowest BCUT2D eigenvalue weighted by molar-refractivity contribution is 0.474. The van der Waals surface area contributed by atoms with Crippen molar-refractivity contribution < 1.29 is 0 Å². The first kappa shape index (κ1) is 23.0. The van der Waals surface area contributed by atoms with Crippen LogP contribution in [0.15, 0.2) is 0 Å². The summed E-state index contributed by atoms with van der Waals surface area (Å²) >= 11 is 7.82. The lowest BCUT2D eigenvalue weighted by Gasteiger charge is -2.22. The Labute approximate surface area is 157 Å². The van der Waals surface area contributed by atoms with Crippen molar-refractivity contribution in [2.24, 2.45) is 0 Å². The summed E-state index contributed by atoms with van der Waals surface area (Å²) in [7, 11) is 0. The smallest absolute Gasteiger partial charge is 0.0229 e. The minimum Gasteiger partial charge on any atom is -0.0891 e. The van der Waals surface area contributed by atoms with E-state index in [1.54, 1.807) is 0 Å². The molecular weight excluding hydrogens is 400 g/mol. The molecule has 0 fully saturated rings. The second-order valence-corrected chi connectivity index (χ2v) is 10.5. The van der Waals surface area contributed by atoms with Crippen molar-refractivity contribution in [1.29, 1.82) is 0 Å². The summed E-state index contributed by atoms with van der Waals surface area (Å²) in [5.41, 5.74) is 0. The topological polar surface area (TPSA) is 0 Å². The van der Waals surface area contributed by atoms with Crippen LogP contribution in [-0.2, 0) is 0 Å². The molecule has 2 unspecified atom stereocenters. The van der Waals surface area contributed by atoms with E-state index in [9.17, 15) is 0 Å². The van der Waals surface area contributed by atoms with Crippen LogP contribution in [-0.4, -0.2) is 9.15 Å². The van der Waals surface area contributed by atoms with Gasteiger partial charge in [-0.15, -0.1) is 0 Å². The molecule has 0 saturated carbocycles. The van der Waals surface area contributed by atoms with E-state index < -0.39 is 0 Å². The van der Waals surface area contributed by atoms with Crippen molar-refractivity contribution in [2.75, 3.05) is 0 Å². The van der Waals surface area contributed by atoms with Gasteiger partial charge in [-0.25, -0.2) is 0 Å². The Hall–Kier alpha value is 0.960. The van der Waals surface area contributed by atoms with Gasteiger partial charge in [0.2, 0.25) is 0 Å². The van der Waals surface area contributed by atoms with Crippen LogP contribution < -0.4 is 0 Å². The van der Waals surface area contributed by atoms with Gasteiger partial charge >= 0.3 is 0 Å². The summed E-state index contributed by atoms with van der Waals surface area (Å²) in [4.78, 5) is 0.749. The third-order valence-corrected chi connectivity index (χ3v) is 6.35. The molecule has 0 spiro atoms. The van der Waals surface area contributed by atoms with E-state index in [-0.39, 0.29) is 0 Å². The van der Waals surface area contributed by atoms with E-state index in [2.05, 4.69) is 52.6 Å². The summed E-state index contributed by atoms with van der Waals surface area (Å²) < 4.78 is 0.377. The third-order valence-electron chi connectivity index (χ3n) is 4.64. The van der Waals surface area contributed by atoms with E-state index in [0.717, 1.165) is 4.83 Å². The number of rotatable bonds is 16. The SMILES string of the molecule is CCCCCCCCC(C)(Br)CCCCC(Br)CCCCC. The molecule has 0 aliphatic carbocycles. The summed E-state index contributed by atoms with van der Waals surface area (Å²) in [6.45, 7) is 6.96. The molecule has 0 aromatic carbocycles. The molecule has 22 heavy (non-hydrogen) atoms. The standard InChI is InChI=1S/C20H40Br2/c1-4-6-8-9-10-13-17-20(3,22)18-14-12-16-19(21)15-11-7-5-2/h19H,4-18H2,1-3H3. The average molecular weight is 440 g/mol. The minimum absolute atomic E-state index is 0.377. The molecule has 0 nitrogen and oxygen atoms in total. The van der Waals surface area contributed by atoms with Crippen molar-refractivity contribution >= 4 is 31.9 Å². The number of hydrogen-bond donors (Lipinski definition) is 0. The highest BCUT2D eigenvalue weighted by atomic mass is 79.9. The number of halogens is 2. The fourth-order valence-corrected chi connectivity index (χ4v) is 4.23. The predicted molar refractivity (Wildman–Crippen MR) is 111 cm³/mol. The fourth-order valence-electron chi connectivity index (χ4n) is 3.02. The average Bonchev–Trinajstić information content (AvgIpc) is 2.47. The summed E-state index contributed by atoms with van der Waals surface area (Å²) in [6, 6.07) is 0. The molecule has 0 aromatic heterocycles. The van der Waals surface area contributed by atoms with E-state index >= 15 is 0 Å². The molecule has 0 rings (SSSR count). The number of alkyl halides is 2. The van der Waals surface area contributed by atoms with Crippen LogP contribution in [0, 0.1) is 0 Å². The van der Waals surface area contributed by atoms with E-state index in [0.29, 0.717) is 4.32 Å². The highest BCUT2D eigenvalue weighted by molar-refractivity contribution is 9.10. The first-order valence-corrected chi connectivity index (χ1v) is 11.6. The highest BCUT2D eigenvalue weighted by Gasteiger charge is 2.19. The Morgan fingerprint density at radius 1 is 0.682 bits per heavy atom. The molecule has 2 heteroatoms. The lowest BCUT2D eigenvalue weighted by atomic mass is 9.95. The van der Waals surface area contributed by atoms with Crippen LogP contribution in [0.3, 0.4) is 0 Å². The zero-order chi connectivity index (χ0) is 16.7. The van der Waals surface area contributed by atoms with Gasteiger partial charge < -0.3 is 0 Å². The number of unbranched alkanes of at least 4 members (excludes halogenated alkanes) is 8. The molecule has 0 aliphatic heterocycles. The Morgan fingerprint density at radius 2 is 1.09 bits per heavy atom. The fraction of sp³-hybridized carbons (Fsp3) is 1.00. The van der Waals surface area contributed by atoms with Crippen molar-refractivity contribution in [3.8, 4) is 0 Å². The molecule has 0 bridgehead atoms. The zero-order valence-corrected chi connectivity index (χ0v) is 18.6. The summed E-state index contributed by atoms with van der Waals surface area (Å²) in [5.74, 6) is 0. The van der Waals surface area contributed by atoms with Crippen LogP contribution in [0.5, 0.6) is 0 Å². The Morgan fingerprint density at radius 3 is 1.68 bits per heavy atom. The normalized spacial score (nSPS) is 15.7. The summed E-state index contributed by atoms with van der Waals surface area (Å²) in [5, 5.41) is 0. The van der Waals surface area contributed by atoms with E-state index in [4.69, 9.17) is 0 Å². The Kier molecular flexibility index (Phi) is 16.2. The van der Waals surface area contributed by atoms with Gasteiger partial charge in [-0.1, -0.05) is 116 Å². The molecule has 0 aromatic rings. The van der Waals surface area contributed by atoms with Crippen LogP contribution in [0.2, 0.25) is 0 Å². The zero-order valence-electron chi connectivity index (χ0n) is 15.4. The van der Waals surface area contributed by atoms with Crippen molar-refractivity contribution in [2.45, 2.75) is 126 Å². The van der Waals surface area contributed by atoms with Gasteiger partial charge in [0.1, 0.15) is 0 Å². The quantitative estimate of drug-likeness (QED) is 0.166. The maximum absolute atomic E-state index is 3.97. The van der Waals surface area contributed by atoms with Crippen LogP contribution >= 0.6 is 31.9 Å². The second-order valence-electron chi connectivity index (χ2n) is 7.27. The second kappa shape index (κ2) is 15.5. The number of hydrogen-bond acceptors (Lipinski definition) is 0. The molecule has 0 saturated heterocycles. The lowest BCUT2D eigenvalue weighted by Crippen LogP contribution is -2.15. The third kappa shape index (κ3) is 15.8. The predicted octanol–water partition coefficient (Wildman–Crippen LogP) is 8.79.